The maximum absolute atomic E-state index is 13.0. The zero-order valence-electron chi connectivity index (χ0n) is 18.8. The Hall–Kier alpha value is -3.16. The molecule has 1 aromatic carbocycles. The second-order valence-electron chi connectivity index (χ2n) is 8.67. The van der Waals surface area contributed by atoms with Crippen molar-refractivity contribution in [2.24, 2.45) is 10.9 Å². The van der Waals surface area contributed by atoms with Gasteiger partial charge in [-0.05, 0) is 39.2 Å². The van der Waals surface area contributed by atoms with Crippen molar-refractivity contribution in [3.63, 3.8) is 0 Å². The van der Waals surface area contributed by atoms with Crippen LogP contribution in [0.2, 0.25) is 0 Å². The summed E-state index contributed by atoms with van der Waals surface area (Å²) < 4.78 is 11.3. The number of allylic oxidation sites excluding steroid dienone is 2. The standard InChI is InChI=1S/C23H29N3O5/c1-7-30-22(27)17-14(4)24-20(13(2)3)19(21-25-23(5,6)12-31-21)18(17)15-9-8-10-16(11-15)26(28)29/h8-11,13,18,24H,7,12H2,1-6H3. The number of benzene rings is 1. The van der Waals surface area contributed by atoms with Gasteiger partial charge in [-0.2, -0.15) is 0 Å². The van der Waals surface area contributed by atoms with E-state index in [1.54, 1.807) is 19.1 Å². The fourth-order valence-corrected chi connectivity index (χ4v) is 3.90. The number of nitrogens with one attached hydrogen (secondary N) is 1. The van der Waals surface area contributed by atoms with Crippen molar-refractivity contribution in [2.45, 2.75) is 53.0 Å². The largest absolute Gasteiger partial charge is 0.475 e. The van der Waals surface area contributed by atoms with Crippen molar-refractivity contribution in [3.05, 3.63) is 62.5 Å². The molecule has 31 heavy (non-hydrogen) atoms. The number of carbonyl (C=O) groups excluding carboxylic acids is 1. The van der Waals surface area contributed by atoms with Gasteiger partial charge in [-0.3, -0.25) is 10.1 Å². The molecule has 2 heterocycles. The second kappa shape index (κ2) is 8.53. The van der Waals surface area contributed by atoms with Gasteiger partial charge >= 0.3 is 5.97 Å². The van der Waals surface area contributed by atoms with Gasteiger partial charge < -0.3 is 14.8 Å². The summed E-state index contributed by atoms with van der Waals surface area (Å²) in [7, 11) is 0. The van der Waals surface area contributed by atoms with Crippen LogP contribution >= 0.6 is 0 Å². The maximum atomic E-state index is 13.0. The van der Waals surface area contributed by atoms with Gasteiger partial charge in [-0.25, -0.2) is 9.79 Å². The van der Waals surface area contributed by atoms with Crippen LogP contribution in [0, 0.1) is 16.0 Å². The van der Waals surface area contributed by atoms with Gasteiger partial charge in [-0.1, -0.05) is 26.0 Å². The Morgan fingerprint density at radius 1 is 1.42 bits per heavy atom. The lowest BCUT2D eigenvalue weighted by atomic mass is 9.78. The summed E-state index contributed by atoms with van der Waals surface area (Å²) in [6, 6.07) is 6.35. The van der Waals surface area contributed by atoms with Gasteiger partial charge in [0.1, 0.15) is 6.61 Å². The number of nitro groups is 1. The highest BCUT2D eigenvalue weighted by Crippen LogP contribution is 2.43. The number of aliphatic imine (C=N–C) groups is 1. The number of nitro benzene ring substituents is 1. The molecule has 2 aliphatic rings. The normalized spacial score (nSPS) is 20.4. The number of non-ortho nitro benzene ring substituents is 1. The Balaban J connectivity index is 2.29. The van der Waals surface area contributed by atoms with Crippen molar-refractivity contribution in [1.82, 2.24) is 5.32 Å². The summed E-state index contributed by atoms with van der Waals surface area (Å²) >= 11 is 0. The maximum Gasteiger partial charge on any atom is 0.336 e. The van der Waals surface area contributed by atoms with E-state index in [-0.39, 0.29) is 18.2 Å². The van der Waals surface area contributed by atoms with E-state index < -0.39 is 22.3 Å². The number of rotatable bonds is 6. The van der Waals surface area contributed by atoms with E-state index in [4.69, 9.17) is 14.5 Å². The second-order valence-corrected chi connectivity index (χ2v) is 8.67. The predicted octanol–water partition coefficient (Wildman–Crippen LogP) is 4.24. The Labute approximate surface area is 182 Å². The van der Waals surface area contributed by atoms with Crippen molar-refractivity contribution < 1.29 is 19.2 Å². The molecule has 0 saturated heterocycles. The summed E-state index contributed by atoms with van der Waals surface area (Å²) in [5, 5.41) is 14.8. The third kappa shape index (κ3) is 4.47. The van der Waals surface area contributed by atoms with E-state index in [1.807, 2.05) is 34.6 Å². The van der Waals surface area contributed by atoms with Crippen LogP contribution in [0.5, 0.6) is 0 Å². The highest BCUT2D eigenvalue weighted by Gasteiger charge is 2.41. The van der Waals surface area contributed by atoms with E-state index in [9.17, 15) is 14.9 Å². The molecule has 166 valence electrons. The highest BCUT2D eigenvalue weighted by molar-refractivity contribution is 6.03. The minimum Gasteiger partial charge on any atom is -0.475 e. The zero-order valence-corrected chi connectivity index (χ0v) is 18.8. The van der Waals surface area contributed by atoms with Crippen molar-refractivity contribution >= 4 is 17.6 Å². The summed E-state index contributed by atoms with van der Waals surface area (Å²) in [4.78, 5) is 28.8. The molecule has 0 radical (unpaired) electrons. The van der Waals surface area contributed by atoms with E-state index >= 15 is 0 Å². The van der Waals surface area contributed by atoms with Gasteiger partial charge in [0.25, 0.3) is 5.69 Å². The van der Waals surface area contributed by atoms with Crippen LogP contribution in [0.15, 0.2) is 51.8 Å². The number of hydrogen-bond donors (Lipinski definition) is 1. The number of hydrogen-bond acceptors (Lipinski definition) is 7. The van der Waals surface area contributed by atoms with Gasteiger partial charge in [0, 0.05) is 29.1 Å². The summed E-state index contributed by atoms with van der Waals surface area (Å²) in [5.41, 5.74) is 2.81. The molecule has 1 aromatic rings. The SMILES string of the molecule is CCOC(=O)C1=C(C)NC(C(C)C)=C(C2=NC(C)(C)CO2)C1c1cccc([N+](=O)[O-])c1. The predicted molar refractivity (Wildman–Crippen MR) is 118 cm³/mol. The number of nitrogens with zero attached hydrogens (tertiary/aromatic N) is 2. The minimum atomic E-state index is -0.606. The van der Waals surface area contributed by atoms with Crippen LogP contribution in [0.1, 0.15) is 53.0 Å². The fourth-order valence-electron chi connectivity index (χ4n) is 3.90. The summed E-state index contributed by atoms with van der Waals surface area (Å²) in [6.45, 7) is 12.2. The van der Waals surface area contributed by atoms with Crippen molar-refractivity contribution in [3.8, 4) is 0 Å². The average Bonchev–Trinajstić information content (AvgIpc) is 3.06. The first-order valence-corrected chi connectivity index (χ1v) is 10.4. The molecular weight excluding hydrogens is 398 g/mol. The van der Waals surface area contributed by atoms with Gasteiger partial charge in [0.2, 0.25) is 5.90 Å². The Morgan fingerprint density at radius 2 is 2.13 bits per heavy atom. The van der Waals surface area contributed by atoms with Crippen LogP contribution in [0.25, 0.3) is 0 Å². The van der Waals surface area contributed by atoms with Gasteiger partial charge in [0.05, 0.1) is 28.6 Å². The fraction of sp³-hybridized carbons (Fsp3) is 0.478. The Bertz CT molecular complexity index is 1000. The summed E-state index contributed by atoms with van der Waals surface area (Å²) in [6.07, 6.45) is 0. The van der Waals surface area contributed by atoms with Crippen LogP contribution in [0.3, 0.4) is 0 Å². The monoisotopic (exact) mass is 427 g/mol. The third-order valence-corrected chi connectivity index (χ3v) is 5.28. The van der Waals surface area contributed by atoms with Crippen LogP contribution in [0.4, 0.5) is 5.69 Å². The Kier molecular flexibility index (Phi) is 6.20. The molecule has 0 aromatic heterocycles. The topological polar surface area (TPSA) is 103 Å². The molecule has 1 atom stereocenters. The van der Waals surface area contributed by atoms with Gasteiger partial charge in [0.15, 0.2) is 0 Å². The quantitative estimate of drug-likeness (QED) is 0.414. The minimum absolute atomic E-state index is 0.0445. The molecule has 0 amide bonds. The number of carbonyl (C=O) groups is 1. The average molecular weight is 428 g/mol. The van der Waals surface area contributed by atoms with E-state index in [0.717, 1.165) is 11.3 Å². The first-order chi connectivity index (χ1) is 14.6. The third-order valence-electron chi connectivity index (χ3n) is 5.28. The molecule has 3 rings (SSSR count). The van der Waals surface area contributed by atoms with E-state index in [1.165, 1.54) is 12.1 Å². The molecule has 0 spiro atoms. The molecule has 8 heteroatoms. The lowest BCUT2D eigenvalue weighted by Gasteiger charge is -2.33. The first-order valence-electron chi connectivity index (χ1n) is 10.4. The van der Waals surface area contributed by atoms with E-state index in [0.29, 0.717) is 29.3 Å². The molecule has 2 aliphatic heterocycles. The number of dihydropyridines is 1. The molecule has 1 unspecified atom stereocenters. The van der Waals surface area contributed by atoms with Crippen molar-refractivity contribution in [2.75, 3.05) is 13.2 Å². The summed E-state index contributed by atoms with van der Waals surface area (Å²) in [5.74, 6) is -0.552. The Morgan fingerprint density at radius 3 is 2.68 bits per heavy atom. The first kappa shape index (κ1) is 22.5. The molecule has 0 bridgehead atoms. The van der Waals surface area contributed by atoms with E-state index in [2.05, 4.69) is 5.32 Å². The lowest BCUT2D eigenvalue weighted by Crippen LogP contribution is -2.34. The highest BCUT2D eigenvalue weighted by atomic mass is 16.6. The number of ether oxygens (including phenoxy) is 2. The smallest absolute Gasteiger partial charge is 0.336 e. The van der Waals surface area contributed by atoms with Crippen LogP contribution < -0.4 is 5.32 Å². The van der Waals surface area contributed by atoms with Crippen LogP contribution in [-0.2, 0) is 14.3 Å². The molecule has 0 saturated carbocycles. The van der Waals surface area contributed by atoms with Crippen LogP contribution in [-0.4, -0.2) is 35.5 Å². The molecule has 0 aliphatic carbocycles. The van der Waals surface area contributed by atoms with Crippen molar-refractivity contribution in [1.29, 1.82) is 0 Å². The molecule has 8 nitrogen and oxygen atoms in total. The molecular formula is C23H29N3O5. The number of esters is 1. The molecule has 0 fully saturated rings. The zero-order chi connectivity index (χ0) is 22.9. The molecule has 1 N–H and O–H groups in total. The lowest BCUT2D eigenvalue weighted by molar-refractivity contribution is -0.384. The van der Waals surface area contributed by atoms with Gasteiger partial charge in [-0.15, -0.1) is 0 Å².